The quantitative estimate of drug-likeness (QED) is 0.542. The molecule has 0 aliphatic carbocycles. The van der Waals surface area contributed by atoms with Crippen molar-refractivity contribution in [3.63, 3.8) is 0 Å². The zero-order valence-corrected chi connectivity index (χ0v) is 18.8. The zero-order valence-electron chi connectivity index (χ0n) is 18.8. The lowest BCUT2D eigenvalue weighted by molar-refractivity contribution is 0.0684. The number of carbonyl (C=O) groups excluding carboxylic acids is 3. The summed E-state index contributed by atoms with van der Waals surface area (Å²) in [6.45, 7) is 7.85. The van der Waals surface area contributed by atoms with Crippen LogP contribution < -0.4 is 10.1 Å². The van der Waals surface area contributed by atoms with E-state index in [-0.39, 0.29) is 18.4 Å². The maximum absolute atomic E-state index is 12.8. The minimum atomic E-state index is -0.766. The summed E-state index contributed by atoms with van der Waals surface area (Å²) in [5, 5.41) is 3.03. The molecule has 0 atom stereocenters. The third-order valence-corrected chi connectivity index (χ3v) is 5.79. The van der Waals surface area contributed by atoms with Crippen LogP contribution in [-0.4, -0.2) is 49.1 Å². The number of piperidine rings is 1. The first-order valence-electron chi connectivity index (χ1n) is 11.0. The van der Waals surface area contributed by atoms with Gasteiger partial charge in [-0.05, 0) is 87.1 Å². The summed E-state index contributed by atoms with van der Waals surface area (Å²) in [7, 11) is 0. The van der Waals surface area contributed by atoms with Gasteiger partial charge in [-0.3, -0.25) is 9.59 Å². The molecule has 2 amide bonds. The average Bonchev–Trinajstić information content (AvgIpc) is 2.80. The predicted molar refractivity (Wildman–Crippen MR) is 121 cm³/mol. The molecule has 1 saturated heterocycles. The van der Waals surface area contributed by atoms with Crippen LogP contribution in [0.4, 0.5) is 4.79 Å². The Morgan fingerprint density at radius 3 is 2.25 bits per heavy atom. The molecule has 1 aliphatic rings. The fraction of sp³-hybridized carbons (Fsp3) is 0.400. The van der Waals surface area contributed by atoms with Gasteiger partial charge in [0.1, 0.15) is 5.75 Å². The van der Waals surface area contributed by atoms with Gasteiger partial charge in [-0.1, -0.05) is 6.07 Å². The molecule has 0 spiro atoms. The Morgan fingerprint density at radius 2 is 1.62 bits per heavy atom. The lowest BCUT2D eigenvalue weighted by Crippen LogP contribution is -2.41. The first kappa shape index (κ1) is 23.3. The Labute approximate surface area is 188 Å². The van der Waals surface area contributed by atoms with Crippen molar-refractivity contribution in [3.05, 3.63) is 64.7 Å². The van der Waals surface area contributed by atoms with E-state index >= 15 is 0 Å². The second-order valence-electron chi connectivity index (χ2n) is 8.05. The molecule has 170 valence electrons. The van der Waals surface area contributed by atoms with Gasteiger partial charge >= 0.3 is 6.16 Å². The topological polar surface area (TPSA) is 84.9 Å². The van der Waals surface area contributed by atoms with Crippen molar-refractivity contribution < 1.29 is 23.9 Å². The summed E-state index contributed by atoms with van der Waals surface area (Å²) in [5.41, 5.74) is 3.49. The minimum absolute atomic E-state index is 0.0506. The van der Waals surface area contributed by atoms with Crippen molar-refractivity contribution in [2.75, 3.05) is 26.2 Å². The molecule has 2 aromatic rings. The van der Waals surface area contributed by atoms with Crippen LogP contribution in [0.1, 0.15) is 51.6 Å². The number of hydrogen-bond donors (Lipinski definition) is 1. The first-order valence-corrected chi connectivity index (χ1v) is 11.0. The van der Waals surface area contributed by atoms with Crippen molar-refractivity contribution in [1.82, 2.24) is 10.2 Å². The van der Waals surface area contributed by atoms with Crippen LogP contribution in [-0.2, 0) is 4.74 Å². The van der Waals surface area contributed by atoms with Crippen LogP contribution in [0.5, 0.6) is 5.75 Å². The van der Waals surface area contributed by atoms with Gasteiger partial charge in [-0.15, -0.1) is 0 Å². The van der Waals surface area contributed by atoms with Crippen LogP contribution in [0.2, 0.25) is 0 Å². The van der Waals surface area contributed by atoms with E-state index in [1.807, 2.05) is 36.9 Å². The Balaban J connectivity index is 1.45. The molecule has 0 radical (unpaired) electrons. The van der Waals surface area contributed by atoms with Crippen LogP contribution in [0.3, 0.4) is 0 Å². The Hall–Kier alpha value is -3.35. The van der Waals surface area contributed by atoms with Gasteiger partial charge in [0.15, 0.2) is 0 Å². The summed E-state index contributed by atoms with van der Waals surface area (Å²) >= 11 is 0. The van der Waals surface area contributed by atoms with Gasteiger partial charge in [-0.2, -0.15) is 0 Å². The number of amides is 2. The van der Waals surface area contributed by atoms with E-state index in [2.05, 4.69) is 5.32 Å². The van der Waals surface area contributed by atoms with Crippen LogP contribution >= 0.6 is 0 Å². The highest BCUT2D eigenvalue weighted by Crippen LogP contribution is 2.20. The van der Waals surface area contributed by atoms with E-state index < -0.39 is 6.16 Å². The number of rotatable bonds is 6. The van der Waals surface area contributed by atoms with E-state index in [0.717, 1.165) is 18.4 Å². The third kappa shape index (κ3) is 6.09. The average molecular weight is 439 g/mol. The summed E-state index contributed by atoms with van der Waals surface area (Å²) in [6.07, 6.45) is 0.907. The first-order chi connectivity index (χ1) is 15.4. The lowest BCUT2D eigenvalue weighted by Gasteiger charge is -2.32. The van der Waals surface area contributed by atoms with E-state index in [1.54, 1.807) is 31.2 Å². The van der Waals surface area contributed by atoms with Crippen molar-refractivity contribution in [3.8, 4) is 5.75 Å². The van der Waals surface area contributed by atoms with Crippen LogP contribution in [0.15, 0.2) is 42.5 Å². The molecular formula is C25H30N2O5. The molecule has 7 heteroatoms. The number of benzene rings is 2. The largest absolute Gasteiger partial charge is 0.513 e. The van der Waals surface area contributed by atoms with Crippen molar-refractivity contribution in [2.45, 2.75) is 33.6 Å². The van der Waals surface area contributed by atoms with E-state index in [1.165, 1.54) is 5.56 Å². The van der Waals surface area contributed by atoms with Gasteiger partial charge in [0, 0.05) is 30.8 Å². The Kier molecular flexibility index (Phi) is 7.87. The standard InChI is InChI=1S/C25H30N2O5/c1-4-31-25(30)32-22-9-7-20(8-10-22)24(29)27-13-11-19(12-14-27)16-26-23(28)21-6-5-17(2)18(3)15-21/h5-10,15,19H,4,11-14,16H2,1-3H3,(H,26,28). The highest BCUT2D eigenvalue weighted by molar-refractivity contribution is 5.95. The molecule has 1 fully saturated rings. The third-order valence-electron chi connectivity index (χ3n) is 5.79. The maximum atomic E-state index is 12.8. The molecule has 0 unspecified atom stereocenters. The van der Waals surface area contributed by atoms with Crippen molar-refractivity contribution >= 4 is 18.0 Å². The Morgan fingerprint density at radius 1 is 0.969 bits per heavy atom. The zero-order chi connectivity index (χ0) is 23.1. The van der Waals surface area contributed by atoms with Crippen molar-refractivity contribution in [2.24, 2.45) is 5.92 Å². The fourth-order valence-electron chi connectivity index (χ4n) is 3.65. The van der Waals surface area contributed by atoms with E-state index in [4.69, 9.17) is 9.47 Å². The Bertz CT molecular complexity index is 963. The molecule has 7 nitrogen and oxygen atoms in total. The molecule has 1 heterocycles. The van der Waals surface area contributed by atoms with E-state index in [0.29, 0.717) is 42.4 Å². The molecule has 0 bridgehead atoms. The van der Waals surface area contributed by atoms with Gasteiger partial charge in [0.05, 0.1) is 6.61 Å². The second-order valence-corrected chi connectivity index (χ2v) is 8.05. The van der Waals surface area contributed by atoms with Gasteiger partial charge in [0.25, 0.3) is 11.8 Å². The number of aryl methyl sites for hydroxylation is 2. The SMILES string of the molecule is CCOC(=O)Oc1ccc(C(=O)N2CCC(CNC(=O)c3ccc(C)c(C)c3)CC2)cc1. The molecule has 1 N–H and O–H groups in total. The summed E-state index contributed by atoms with van der Waals surface area (Å²) in [6, 6.07) is 12.2. The van der Waals surface area contributed by atoms with Crippen molar-refractivity contribution in [1.29, 1.82) is 0 Å². The number of ether oxygens (including phenoxy) is 2. The summed E-state index contributed by atoms with van der Waals surface area (Å²) in [5.74, 6) is 0.565. The minimum Gasteiger partial charge on any atom is -0.434 e. The normalized spacial score (nSPS) is 14.0. The van der Waals surface area contributed by atoms with Crippen LogP contribution in [0, 0.1) is 19.8 Å². The van der Waals surface area contributed by atoms with Crippen LogP contribution in [0.25, 0.3) is 0 Å². The summed E-state index contributed by atoms with van der Waals surface area (Å²) < 4.78 is 9.75. The molecule has 0 saturated carbocycles. The number of likely N-dealkylation sites (tertiary alicyclic amines) is 1. The molecule has 0 aromatic heterocycles. The summed E-state index contributed by atoms with van der Waals surface area (Å²) in [4.78, 5) is 38.4. The number of hydrogen-bond acceptors (Lipinski definition) is 5. The second kappa shape index (κ2) is 10.8. The fourth-order valence-corrected chi connectivity index (χ4v) is 3.65. The number of carbonyl (C=O) groups is 3. The molecular weight excluding hydrogens is 408 g/mol. The molecule has 32 heavy (non-hydrogen) atoms. The molecule has 2 aromatic carbocycles. The predicted octanol–water partition coefficient (Wildman–Crippen LogP) is 4.12. The highest BCUT2D eigenvalue weighted by atomic mass is 16.7. The van der Waals surface area contributed by atoms with Gasteiger partial charge in [0.2, 0.25) is 0 Å². The smallest absolute Gasteiger partial charge is 0.434 e. The van der Waals surface area contributed by atoms with Gasteiger partial charge in [-0.25, -0.2) is 4.79 Å². The molecule has 1 aliphatic heterocycles. The number of nitrogens with zero attached hydrogens (tertiary/aromatic N) is 1. The highest BCUT2D eigenvalue weighted by Gasteiger charge is 2.24. The number of nitrogens with one attached hydrogen (secondary N) is 1. The van der Waals surface area contributed by atoms with E-state index in [9.17, 15) is 14.4 Å². The van der Waals surface area contributed by atoms with Gasteiger partial charge < -0.3 is 19.7 Å². The lowest BCUT2D eigenvalue weighted by atomic mass is 9.96. The molecule has 3 rings (SSSR count). The monoisotopic (exact) mass is 438 g/mol. The maximum Gasteiger partial charge on any atom is 0.513 e.